The maximum absolute atomic E-state index is 12.1. The highest BCUT2D eigenvalue weighted by atomic mass is 32.2. The van der Waals surface area contributed by atoms with Crippen molar-refractivity contribution in [1.29, 1.82) is 0 Å². The van der Waals surface area contributed by atoms with Gasteiger partial charge in [0, 0.05) is 13.1 Å². The highest BCUT2D eigenvalue weighted by molar-refractivity contribution is 7.89. The molecule has 0 radical (unpaired) electrons. The minimum Gasteiger partial charge on any atom is -0.392 e. The normalized spacial score (nSPS) is 12.4. The Morgan fingerprint density at radius 2 is 2.00 bits per heavy atom. The molecule has 0 spiro atoms. The quantitative estimate of drug-likeness (QED) is 0.864. The van der Waals surface area contributed by atoms with Gasteiger partial charge in [-0.25, -0.2) is 8.42 Å². The van der Waals surface area contributed by atoms with Crippen molar-refractivity contribution in [2.75, 3.05) is 7.05 Å². The molecule has 16 heavy (non-hydrogen) atoms. The molecule has 0 fully saturated rings. The summed E-state index contributed by atoms with van der Waals surface area (Å²) in [5, 5.41) is 8.97. The van der Waals surface area contributed by atoms with E-state index in [-0.39, 0.29) is 17.5 Å². The summed E-state index contributed by atoms with van der Waals surface area (Å²) in [4.78, 5) is 0.218. The van der Waals surface area contributed by atoms with E-state index in [1.54, 1.807) is 19.2 Å². The second-order valence-corrected chi connectivity index (χ2v) is 5.92. The molecule has 0 atom stereocenters. The number of hydrogen-bond donors (Lipinski definition) is 1. The van der Waals surface area contributed by atoms with Gasteiger partial charge in [0.2, 0.25) is 10.0 Å². The highest BCUT2D eigenvalue weighted by Gasteiger charge is 2.22. The average molecular weight is 243 g/mol. The lowest BCUT2D eigenvalue weighted by Gasteiger charge is -2.21. The minimum atomic E-state index is -3.45. The van der Waals surface area contributed by atoms with Gasteiger partial charge in [-0.2, -0.15) is 4.31 Å². The van der Waals surface area contributed by atoms with Crippen LogP contribution in [0.1, 0.15) is 19.4 Å². The average Bonchev–Trinajstić information content (AvgIpc) is 2.27. The van der Waals surface area contributed by atoms with E-state index >= 15 is 0 Å². The molecular weight excluding hydrogens is 226 g/mol. The standard InChI is InChI=1S/C11H17NO3S/c1-9(2)12(3)16(14,15)11-6-4-5-10(7-11)8-13/h4-7,9,13H,8H2,1-3H3. The zero-order valence-electron chi connectivity index (χ0n) is 9.71. The first-order chi connectivity index (χ1) is 7.39. The van der Waals surface area contributed by atoms with Crippen LogP contribution in [0.5, 0.6) is 0 Å². The lowest BCUT2D eigenvalue weighted by Crippen LogP contribution is -2.33. The Labute approximate surface area is 96.6 Å². The first-order valence-corrected chi connectivity index (χ1v) is 6.51. The van der Waals surface area contributed by atoms with Crippen molar-refractivity contribution in [3.8, 4) is 0 Å². The molecule has 1 aromatic rings. The summed E-state index contributed by atoms with van der Waals surface area (Å²) in [7, 11) is -1.90. The third kappa shape index (κ3) is 2.61. The van der Waals surface area contributed by atoms with E-state index in [9.17, 15) is 8.42 Å². The fourth-order valence-corrected chi connectivity index (χ4v) is 2.69. The fraction of sp³-hybridized carbons (Fsp3) is 0.455. The Morgan fingerprint density at radius 3 is 2.50 bits per heavy atom. The van der Waals surface area contributed by atoms with Gasteiger partial charge in [0.15, 0.2) is 0 Å². The second-order valence-electron chi connectivity index (χ2n) is 3.92. The summed E-state index contributed by atoms with van der Waals surface area (Å²) in [6.07, 6.45) is 0. The van der Waals surface area contributed by atoms with Gasteiger partial charge in [-0.05, 0) is 31.5 Å². The van der Waals surface area contributed by atoms with Crippen LogP contribution in [0.4, 0.5) is 0 Å². The molecule has 4 nitrogen and oxygen atoms in total. The summed E-state index contributed by atoms with van der Waals surface area (Å²) < 4.78 is 25.5. The number of benzene rings is 1. The van der Waals surface area contributed by atoms with E-state index in [0.29, 0.717) is 5.56 Å². The van der Waals surface area contributed by atoms with Crippen LogP contribution in [0.15, 0.2) is 29.2 Å². The maximum atomic E-state index is 12.1. The molecule has 0 aromatic heterocycles. The van der Waals surface area contributed by atoms with E-state index in [2.05, 4.69) is 0 Å². The monoisotopic (exact) mass is 243 g/mol. The Balaban J connectivity index is 3.17. The third-order valence-corrected chi connectivity index (χ3v) is 4.51. The molecular formula is C11H17NO3S. The molecule has 0 bridgehead atoms. The van der Waals surface area contributed by atoms with Crippen LogP contribution in [0, 0.1) is 0 Å². The lowest BCUT2D eigenvalue weighted by atomic mass is 10.2. The number of aliphatic hydroxyl groups is 1. The van der Waals surface area contributed by atoms with Gasteiger partial charge in [0.1, 0.15) is 0 Å². The third-order valence-electron chi connectivity index (χ3n) is 2.49. The number of hydrogen-bond acceptors (Lipinski definition) is 3. The first-order valence-electron chi connectivity index (χ1n) is 5.07. The number of rotatable bonds is 4. The molecule has 0 aliphatic carbocycles. The van der Waals surface area contributed by atoms with Crippen molar-refractivity contribution in [3.05, 3.63) is 29.8 Å². The van der Waals surface area contributed by atoms with Crippen LogP contribution in [-0.2, 0) is 16.6 Å². The number of sulfonamides is 1. The fourth-order valence-electron chi connectivity index (χ4n) is 1.25. The zero-order chi connectivity index (χ0) is 12.3. The molecule has 0 unspecified atom stereocenters. The molecule has 1 rings (SSSR count). The molecule has 90 valence electrons. The van der Waals surface area contributed by atoms with Gasteiger partial charge in [0.05, 0.1) is 11.5 Å². The minimum absolute atomic E-state index is 0.0946. The van der Waals surface area contributed by atoms with Crippen LogP contribution in [0.25, 0.3) is 0 Å². The van der Waals surface area contributed by atoms with E-state index in [4.69, 9.17) is 5.11 Å². The summed E-state index contributed by atoms with van der Waals surface area (Å²) >= 11 is 0. The van der Waals surface area contributed by atoms with Crippen LogP contribution < -0.4 is 0 Å². The van der Waals surface area contributed by atoms with Gasteiger partial charge >= 0.3 is 0 Å². The van der Waals surface area contributed by atoms with Crippen molar-refractivity contribution in [2.24, 2.45) is 0 Å². The SMILES string of the molecule is CC(C)N(C)S(=O)(=O)c1cccc(CO)c1. The molecule has 0 aliphatic rings. The summed E-state index contributed by atoms with van der Waals surface area (Å²) in [5.74, 6) is 0. The second kappa shape index (κ2) is 4.95. The smallest absolute Gasteiger partial charge is 0.243 e. The van der Waals surface area contributed by atoms with Gasteiger partial charge in [-0.3, -0.25) is 0 Å². The maximum Gasteiger partial charge on any atom is 0.243 e. The summed E-state index contributed by atoms with van der Waals surface area (Å²) in [6.45, 7) is 3.47. The summed E-state index contributed by atoms with van der Waals surface area (Å²) in [5.41, 5.74) is 0.596. The van der Waals surface area contributed by atoms with E-state index in [1.807, 2.05) is 13.8 Å². The molecule has 1 aromatic carbocycles. The zero-order valence-corrected chi connectivity index (χ0v) is 10.5. The van der Waals surface area contributed by atoms with E-state index in [0.717, 1.165) is 0 Å². The number of aliphatic hydroxyl groups excluding tert-OH is 1. The lowest BCUT2D eigenvalue weighted by molar-refractivity contribution is 0.281. The Hall–Kier alpha value is -0.910. The van der Waals surface area contributed by atoms with Crippen molar-refractivity contribution < 1.29 is 13.5 Å². The molecule has 0 heterocycles. The molecule has 0 saturated heterocycles. The van der Waals surface area contributed by atoms with Crippen molar-refractivity contribution in [2.45, 2.75) is 31.4 Å². The molecule has 0 amide bonds. The van der Waals surface area contributed by atoms with E-state index < -0.39 is 10.0 Å². The van der Waals surface area contributed by atoms with E-state index in [1.165, 1.54) is 16.4 Å². The first kappa shape index (κ1) is 13.2. The molecule has 0 aliphatic heterocycles. The number of nitrogens with zero attached hydrogens (tertiary/aromatic N) is 1. The molecule has 1 N–H and O–H groups in total. The Kier molecular flexibility index (Phi) is 4.07. The Bertz CT molecular complexity index is 454. The van der Waals surface area contributed by atoms with Crippen molar-refractivity contribution >= 4 is 10.0 Å². The molecule has 5 heteroatoms. The summed E-state index contributed by atoms with van der Waals surface area (Å²) in [6, 6.07) is 6.26. The highest BCUT2D eigenvalue weighted by Crippen LogP contribution is 2.17. The largest absolute Gasteiger partial charge is 0.392 e. The van der Waals surface area contributed by atoms with Crippen LogP contribution in [-0.4, -0.2) is 30.9 Å². The topological polar surface area (TPSA) is 57.6 Å². The van der Waals surface area contributed by atoms with Gasteiger partial charge in [-0.15, -0.1) is 0 Å². The van der Waals surface area contributed by atoms with Crippen LogP contribution >= 0.6 is 0 Å². The van der Waals surface area contributed by atoms with Crippen LogP contribution in [0.2, 0.25) is 0 Å². The predicted molar refractivity (Wildman–Crippen MR) is 62.4 cm³/mol. The predicted octanol–water partition coefficient (Wildman–Crippen LogP) is 1.21. The molecule has 0 saturated carbocycles. The van der Waals surface area contributed by atoms with Crippen molar-refractivity contribution in [3.63, 3.8) is 0 Å². The van der Waals surface area contributed by atoms with Gasteiger partial charge in [-0.1, -0.05) is 12.1 Å². The van der Waals surface area contributed by atoms with Crippen LogP contribution in [0.3, 0.4) is 0 Å². The van der Waals surface area contributed by atoms with Gasteiger partial charge < -0.3 is 5.11 Å². The Morgan fingerprint density at radius 1 is 1.38 bits per heavy atom. The van der Waals surface area contributed by atoms with Gasteiger partial charge in [0.25, 0.3) is 0 Å². The van der Waals surface area contributed by atoms with Crippen molar-refractivity contribution in [1.82, 2.24) is 4.31 Å².